The van der Waals surface area contributed by atoms with E-state index >= 15 is 0 Å². The van der Waals surface area contributed by atoms with Crippen LogP contribution in [0.25, 0.3) is 0 Å². The fourth-order valence-electron chi connectivity index (χ4n) is 9.49. The molecule has 83 heavy (non-hydrogen) atoms. The van der Waals surface area contributed by atoms with Gasteiger partial charge in [0.15, 0.2) is 6.10 Å². The lowest BCUT2D eigenvalue weighted by atomic mass is 10.1. The quantitative estimate of drug-likeness (QED) is 0.0261. The number of esters is 3. The van der Waals surface area contributed by atoms with E-state index in [0.717, 1.165) is 141 Å². The molecule has 0 bridgehead atoms. The van der Waals surface area contributed by atoms with Gasteiger partial charge in [-0.15, -0.1) is 0 Å². The van der Waals surface area contributed by atoms with Crippen LogP contribution >= 0.6 is 0 Å². The van der Waals surface area contributed by atoms with E-state index in [1.54, 1.807) is 0 Å². The highest BCUT2D eigenvalue weighted by Crippen LogP contribution is 2.16. The Bertz CT molecular complexity index is 1750. The smallest absolute Gasteiger partial charge is 0.306 e. The number of ether oxygens (including phenoxy) is 3. The molecule has 0 aromatic rings. The Balaban J connectivity index is 4.45. The van der Waals surface area contributed by atoms with Gasteiger partial charge >= 0.3 is 17.9 Å². The maximum absolute atomic E-state index is 13.0. The average molecular weight is 1150 g/mol. The number of allylic oxidation sites excluding steroid dienone is 22. The van der Waals surface area contributed by atoms with Crippen molar-refractivity contribution in [2.75, 3.05) is 13.2 Å². The lowest BCUT2D eigenvalue weighted by molar-refractivity contribution is -0.167. The normalized spacial score (nSPS) is 13.0. The molecular weight excluding hydrogens is 1020 g/mol. The molecule has 472 valence electrons. The minimum Gasteiger partial charge on any atom is -0.462 e. The van der Waals surface area contributed by atoms with Gasteiger partial charge in [-0.2, -0.15) is 0 Å². The molecule has 0 saturated heterocycles. The lowest BCUT2D eigenvalue weighted by Gasteiger charge is -2.18. The number of hydrogen-bond acceptors (Lipinski definition) is 6. The predicted molar refractivity (Wildman–Crippen MR) is 362 cm³/mol. The Morgan fingerprint density at radius 2 is 0.470 bits per heavy atom. The molecule has 0 fully saturated rings. The Labute approximate surface area is 513 Å². The van der Waals surface area contributed by atoms with E-state index in [1.807, 2.05) is 0 Å². The Morgan fingerprint density at radius 3 is 0.747 bits per heavy atom. The van der Waals surface area contributed by atoms with Gasteiger partial charge in [-0.1, -0.05) is 296 Å². The number of carbonyl (C=O) groups excluding carboxylic acids is 3. The highest BCUT2D eigenvalue weighted by molar-refractivity contribution is 5.71. The monoisotopic (exact) mass is 1150 g/mol. The minimum absolute atomic E-state index is 0.0897. The Hall–Kier alpha value is -4.45. The van der Waals surface area contributed by atoms with Crippen LogP contribution in [0.15, 0.2) is 134 Å². The van der Waals surface area contributed by atoms with E-state index in [2.05, 4.69) is 154 Å². The maximum Gasteiger partial charge on any atom is 0.306 e. The molecule has 0 aromatic heterocycles. The first-order chi connectivity index (χ1) is 41.0. The molecule has 0 heterocycles. The summed E-state index contributed by atoms with van der Waals surface area (Å²) >= 11 is 0. The van der Waals surface area contributed by atoms with Crippen LogP contribution < -0.4 is 0 Å². The third kappa shape index (κ3) is 68.2. The molecule has 0 radical (unpaired) electrons. The van der Waals surface area contributed by atoms with Crippen LogP contribution in [0, 0.1) is 0 Å². The molecule has 0 saturated carbocycles. The molecule has 0 spiro atoms. The summed E-state index contributed by atoms with van der Waals surface area (Å²) in [5.41, 5.74) is 0. The van der Waals surface area contributed by atoms with Gasteiger partial charge in [-0.05, 0) is 135 Å². The van der Waals surface area contributed by atoms with Crippen LogP contribution in [0.5, 0.6) is 0 Å². The highest BCUT2D eigenvalue weighted by atomic mass is 16.6. The lowest BCUT2D eigenvalue weighted by Crippen LogP contribution is -2.30. The first-order valence-corrected chi connectivity index (χ1v) is 34.7. The van der Waals surface area contributed by atoms with Gasteiger partial charge in [0, 0.05) is 19.3 Å². The van der Waals surface area contributed by atoms with Crippen molar-refractivity contribution in [1.82, 2.24) is 0 Å². The Morgan fingerprint density at radius 1 is 0.253 bits per heavy atom. The van der Waals surface area contributed by atoms with Crippen LogP contribution in [-0.2, 0) is 28.6 Å². The van der Waals surface area contributed by atoms with E-state index in [1.165, 1.54) is 135 Å². The summed E-state index contributed by atoms with van der Waals surface area (Å²) in [6.07, 6.45) is 98.8. The van der Waals surface area contributed by atoms with Gasteiger partial charge in [-0.25, -0.2) is 0 Å². The zero-order valence-electron chi connectivity index (χ0n) is 54.2. The molecule has 1 atom stereocenters. The van der Waals surface area contributed by atoms with Crippen molar-refractivity contribution in [3.63, 3.8) is 0 Å². The number of carbonyl (C=O) groups is 3. The second-order valence-corrected chi connectivity index (χ2v) is 22.7. The topological polar surface area (TPSA) is 78.9 Å². The number of unbranched alkanes of at least 4 members (excludes halogenated alkanes) is 29. The maximum atomic E-state index is 13.0. The third-order valence-electron chi connectivity index (χ3n) is 14.6. The minimum atomic E-state index is -0.797. The molecule has 0 amide bonds. The molecule has 1 unspecified atom stereocenters. The predicted octanol–water partition coefficient (Wildman–Crippen LogP) is 24.1. The highest BCUT2D eigenvalue weighted by Gasteiger charge is 2.19. The van der Waals surface area contributed by atoms with Crippen molar-refractivity contribution >= 4 is 17.9 Å². The molecule has 0 aromatic carbocycles. The Kier molecular flexibility index (Phi) is 66.3. The van der Waals surface area contributed by atoms with Gasteiger partial charge in [0.2, 0.25) is 0 Å². The summed E-state index contributed by atoms with van der Waals surface area (Å²) in [6.45, 7) is 6.42. The average Bonchev–Trinajstić information content (AvgIpc) is 3.50. The zero-order valence-corrected chi connectivity index (χ0v) is 54.2. The van der Waals surface area contributed by atoms with Crippen LogP contribution in [-0.4, -0.2) is 37.2 Å². The second-order valence-electron chi connectivity index (χ2n) is 22.7. The number of hydrogen-bond donors (Lipinski definition) is 0. The molecule has 6 nitrogen and oxygen atoms in total. The van der Waals surface area contributed by atoms with Gasteiger partial charge in [0.1, 0.15) is 13.2 Å². The molecule has 6 heteroatoms. The van der Waals surface area contributed by atoms with Crippen LogP contribution in [0.4, 0.5) is 0 Å². The third-order valence-corrected chi connectivity index (χ3v) is 14.6. The molecule has 0 N–H and O–H groups in total. The summed E-state index contributed by atoms with van der Waals surface area (Å²) in [7, 11) is 0. The fraction of sp³-hybridized carbons (Fsp3) is 0.675. The summed E-state index contributed by atoms with van der Waals surface area (Å²) in [5, 5.41) is 0. The van der Waals surface area contributed by atoms with Crippen molar-refractivity contribution in [2.24, 2.45) is 0 Å². The van der Waals surface area contributed by atoms with E-state index in [-0.39, 0.29) is 31.1 Å². The second kappa shape index (κ2) is 70.0. The summed E-state index contributed by atoms with van der Waals surface area (Å²) in [4.78, 5) is 38.5. The van der Waals surface area contributed by atoms with Crippen molar-refractivity contribution < 1.29 is 28.6 Å². The first-order valence-electron chi connectivity index (χ1n) is 34.7. The van der Waals surface area contributed by atoms with E-state index < -0.39 is 6.10 Å². The number of rotatable bonds is 62. The van der Waals surface area contributed by atoms with Gasteiger partial charge in [-0.3, -0.25) is 14.4 Å². The van der Waals surface area contributed by atoms with Crippen molar-refractivity contribution in [2.45, 2.75) is 322 Å². The van der Waals surface area contributed by atoms with Crippen LogP contribution in [0.3, 0.4) is 0 Å². The van der Waals surface area contributed by atoms with E-state index in [4.69, 9.17) is 14.2 Å². The zero-order chi connectivity index (χ0) is 59.9. The van der Waals surface area contributed by atoms with Crippen molar-refractivity contribution in [3.8, 4) is 0 Å². The first kappa shape index (κ1) is 78.5. The fourth-order valence-corrected chi connectivity index (χ4v) is 9.49. The summed E-state index contributed by atoms with van der Waals surface area (Å²) in [6, 6.07) is 0. The molecule has 0 aliphatic carbocycles. The molecule has 0 rings (SSSR count). The van der Waals surface area contributed by atoms with Crippen LogP contribution in [0.2, 0.25) is 0 Å². The van der Waals surface area contributed by atoms with E-state index in [0.29, 0.717) is 19.3 Å². The van der Waals surface area contributed by atoms with Crippen molar-refractivity contribution in [3.05, 3.63) is 134 Å². The standard InChI is InChI=1S/C77H128O6/c1-4-7-10-13-16-19-22-25-28-31-34-36-37-38-39-41-43-46-49-52-55-58-61-64-67-70-76(79)82-73-74(72-81-75(78)69-66-63-60-57-54-51-48-45-42-33-30-27-24-21-18-15-12-9-6-3)83-77(80)71-68-65-62-59-56-53-50-47-44-40-35-32-29-26-23-20-17-14-11-8-5-2/h7-8,10-11,16-17,19-20,25-30,34-36,38-40,43,46,74H,4-6,9,12-15,18,21-24,31-33,37,41-42,44-45,47-73H2,1-3H3/b10-7-,11-8-,19-16-,20-17-,28-25-,29-26-,30-27-,36-34-,39-38-,40-35-,46-43-. The van der Waals surface area contributed by atoms with Crippen molar-refractivity contribution in [1.29, 1.82) is 0 Å². The largest absolute Gasteiger partial charge is 0.462 e. The van der Waals surface area contributed by atoms with E-state index in [9.17, 15) is 14.4 Å². The summed E-state index contributed by atoms with van der Waals surface area (Å²) < 4.78 is 17.0. The van der Waals surface area contributed by atoms with Gasteiger partial charge in [0.25, 0.3) is 0 Å². The van der Waals surface area contributed by atoms with Gasteiger partial charge < -0.3 is 14.2 Å². The molecule has 0 aliphatic rings. The van der Waals surface area contributed by atoms with Crippen LogP contribution in [0.1, 0.15) is 316 Å². The molecular formula is C77H128O6. The summed E-state index contributed by atoms with van der Waals surface area (Å²) in [5.74, 6) is -0.907. The molecule has 0 aliphatic heterocycles. The van der Waals surface area contributed by atoms with Gasteiger partial charge in [0.05, 0.1) is 0 Å². The SMILES string of the molecule is CC/C=C\C/C=C\C/C=C\C/C=C\C/C=C\C/C=C\CCCCCCCCC(=O)OCC(COC(=O)CCCCCCCCCCC/C=C\CCCCCCCC)OC(=O)CCCCCCCCCC/C=C\C/C=C\C/C=C\C/C=C\CC.